The lowest BCUT2D eigenvalue weighted by atomic mass is 9.32. The lowest BCUT2D eigenvalue weighted by Gasteiger charge is -2.73. The molecule has 5 aliphatic carbocycles. The molecule has 7 N–H and O–H groups in total. The van der Waals surface area contributed by atoms with Crippen molar-refractivity contribution in [2.45, 2.75) is 167 Å². The molecule has 0 spiro atoms. The van der Waals surface area contributed by atoms with Gasteiger partial charge in [-0.3, -0.25) is 4.79 Å². The van der Waals surface area contributed by atoms with E-state index in [1.165, 1.54) is 6.92 Å². The fourth-order valence-corrected chi connectivity index (χ4v) is 14.2. The Kier molecular flexibility index (Phi) is 10.4. The van der Waals surface area contributed by atoms with Crippen LogP contribution in [0.25, 0.3) is 0 Å². The molecule has 2 heterocycles. The van der Waals surface area contributed by atoms with Crippen molar-refractivity contribution in [3.8, 4) is 0 Å². The van der Waals surface area contributed by atoms with Crippen LogP contribution in [-0.2, 0) is 23.7 Å². The van der Waals surface area contributed by atoms with E-state index in [0.29, 0.717) is 24.7 Å². The maximum Gasteiger partial charge on any atom is 0.309 e. The van der Waals surface area contributed by atoms with E-state index in [9.17, 15) is 40.5 Å². The number of carbonyl (C=O) groups is 1. The molecule has 53 heavy (non-hydrogen) atoms. The topological polar surface area (TPSA) is 196 Å². The van der Waals surface area contributed by atoms with Crippen LogP contribution < -0.4 is 0 Å². The van der Waals surface area contributed by atoms with E-state index in [1.54, 1.807) is 0 Å². The van der Waals surface area contributed by atoms with Gasteiger partial charge in [-0.15, -0.1) is 0 Å². The molecule has 12 heteroatoms. The number of rotatable bonds is 7. The van der Waals surface area contributed by atoms with E-state index in [1.807, 2.05) is 0 Å². The molecule has 20 atom stereocenters. The molecular formula is C41H66O12. The van der Waals surface area contributed by atoms with Crippen molar-refractivity contribution in [2.24, 2.45) is 56.7 Å². The Labute approximate surface area is 314 Å². The summed E-state index contributed by atoms with van der Waals surface area (Å²) in [5.74, 6) is 0.490. The zero-order valence-corrected chi connectivity index (χ0v) is 32.5. The fourth-order valence-electron chi connectivity index (χ4n) is 14.2. The number of aliphatic carboxylic acids is 1. The van der Waals surface area contributed by atoms with E-state index >= 15 is 0 Å². The highest BCUT2D eigenvalue weighted by Gasteiger charge is 2.72. The number of ether oxygens (including phenoxy) is 4. The fraction of sp³-hybridized carbons (Fsp3) is 0.927. The largest absolute Gasteiger partial charge is 0.481 e. The number of aliphatic hydroxyl groups excluding tert-OH is 6. The van der Waals surface area contributed by atoms with Gasteiger partial charge in [0.05, 0.1) is 30.8 Å². The molecule has 5 saturated carbocycles. The van der Waals surface area contributed by atoms with Crippen LogP contribution in [0, 0.1) is 56.7 Å². The summed E-state index contributed by atoms with van der Waals surface area (Å²) in [5, 5.41) is 74.9. The van der Waals surface area contributed by atoms with Gasteiger partial charge < -0.3 is 54.7 Å². The van der Waals surface area contributed by atoms with Crippen molar-refractivity contribution in [1.82, 2.24) is 0 Å². The highest BCUT2D eigenvalue weighted by molar-refractivity contribution is 5.76. The van der Waals surface area contributed by atoms with Crippen LogP contribution in [0.4, 0.5) is 0 Å². The average Bonchev–Trinajstić information content (AvgIpc) is 3.52. The molecule has 0 aromatic rings. The summed E-state index contributed by atoms with van der Waals surface area (Å²) in [7, 11) is 0. The molecule has 2 saturated heterocycles. The summed E-state index contributed by atoms with van der Waals surface area (Å²) in [6, 6.07) is 0. The molecule has 2 aliphatic heterocycles. The number of hydrogen-bond acceptors (Lipinski definition) is 11. The van der Waals surface area contributed by atoms with Gasteiger partial charge in [0, 0.05) is 5.41 Å². The third-order valence-electron chi connectivity index (χ3n) is 17.4. The molecule has 1 unspecified atom stereocenters. The normalized spacial score (nSPS) is 56.7. The predicted molar refractivity (Wildman–Crippen MR) is 192 cm³/mol. The summed E-state index contributed by atoms with van der Waals surface area (Å²) < 4.78 is 24.3. The minimum atomic E-state index is -1.62. The van der Waals surface area contributed by atoms with Crippen LogP contribution in [0.2, 0.25) is 0 Å². The number of hydrogen-bond donors (Lipinski definition) is 7. The van der Waals surface area contributed by atoms with Gasteiger partial charge in [-0.1, -0.05) is 39.8 Å². The summed E-state index contributed by atoms with van der Waals surface area (Å²) in [4.78, 5) is 13.0. The van der Waals surface area contributed by atoms with Gasteiger partial charge in [0.25, 0.3) is 0 Å². The number of carboxylic acid groups (broad SMARTS) is 1. The second kappa shape index (κ2) is 13.7. The zero-order valence-electron chi connectivity index (χ0n) is 32.5. The zero-order chi connectivity index (χ0) is 38.6. The van der Waals surface area contributed by atoms with E-state index in [0.717, 1.165) is 56.9 Å². The monoisotopic (exact) mass is 750 g/mol. The molecular weight excluding hydrogens is 684 g/mol. The Balaban J connectivity index is 1.14. The van der Waals surface area contributed by atoms with Crippen LogP contribution in [0.5, 0.6) is 0 Å². The predicted octanol–water partition coefficient (Wildman–Crippen LogP) is 3.38. The average molecular weight is 751 g/mol. The lowest BCUT2D eigenvalue weighted by Crippen LogP contribution is -2.68. The van der Waals surface area contributed by atoms with Crippen LogP contribution in [0.1, 0.15) is 106 Å². The first-order valence-electron chi connectivity index (χ1n) is 20.3. The third kappa shape index (κ3) is 5.69. The molecule has 7 rings (SSSR count). The maximum absolute atomic E-state index is 13.0. The minimum absolute atomic E-state index is 0.0140. The van der Waals surface area contributed by atoms with Crippen LogP contribution >= 0.6 is 0 Å². The Hall–Kier alpha value is -1.19. The number of aliphatic hydroxyl groups is 6. The quantitative estimate of drug-likeness (QED) is 0.148. The van der Waals surface area contributed by atoms with Crippen molar-refractivity contribution in [3.05, 3.63) is 12.2 Å². The summed E-state index contributed by atoms with van der Waals surface area (Å²) in [6.07, 6.45) is -3.90. The molecule has 0 radical (unpaired) electrons. The molecule has 0 aromatic carbocycles. The van der Waals surface area contributed by atoms with Gasteiger partial charge >= 0.3 is 5.97 Å². The van der Waals surface area contributed by atoms with Gasteiger partial charge in [-0.25, -0.2) is 0 Å². The molecule has 0 aromatic heterocycles. The third-order valence-corrected chi connectivity index (χ3v) is 17.4. The first-order valence-corrected chi connectivity index (χ1v) is 20.3. The molecule has 7 aliphatic rings. The van der Waals surface area contributed by atoms with Crippen molar-refractivity contribution in [1.29, 1.82) is 0 Å². The van der Waals surface area contributed by atoms with E-state index < -0.39 is 78.2 Å². The first-order chi connectivity index (χ1) is 24.8. The number of fused-ring (bicyclic) bond motifs is 7. The van der Waals surface area contributed by atoms with Crippen molar-refractivity contribution < 1.29 is 59.5 Å². The smallest absolute Gasteiger partial charge is 0.309 e. The van der Waals surface area contributed by atoms with E-state index in [2.05, 4.69) is 41.2 Å². The number of carboxylic acids is 1. The van der Waals surface area contributed by atoms with Gasteiger partial charge in [0.15, 0.2) is 12.6 Å². The van der Waals surface area contributed by atoms with Crippen LogP contribution in [0.15, 0.2) is 12.2 Å². The maximum atomic E-state index is 13.0. The van der Waals surface area contributed by atoms with Gasteiger partial charge in [-0.2, -0.15) is 0 Å². The Morgan fingerprint density at radius 1 is 0.792 bits per heavy atom. The van der Waals surface area contributed by atoms with Crippen LogP contribution in [-0.4, -0.2) is 116 Å². The first kappa shape index (κ1) is 40.0. The minimum Gasteiger partial charge on any atom is -0.481 e. The van der Waals surface area contributed by atoms with E-state index in [4.69, 9.17) is 18.9 Å². The summed E-state index contributed by atoms with van der Waals surface area (Å²) in [5.41, 5.74) is -0.394. The molecule has 0 bridgehead atoms. The highest BCUT2D eigenvalue weighted by Crippen LogP contribution is 2.77. The molecule has 302 valence electrons. The molecule has 0 amide bonds. The van der Waals surface area contributed by atoms with Crippen molar-refractivity contribution in [3.63, 3.8) is 0 Å². The summed E-state index contributed by atoms with van der Waals surface area (Å²) >= 11 is 0. The van der Waals surface area contributed by atoms with E-state index in [-0.39, 0.29) is 47.2 Å². The van der Waals surface area contributed by atoms with Crippen molar-refractivity contribution >= 4 is 5.97 Å². The lowest BCUT2D eigenvalue weighted by molar-refractivity contribution is -0.366. The Morgan fingerprint density at radius 3 is 2.17 bits per heavy atom. The molecule has 12 nitrogen and oxygen atoms in total. The molecule has 7 fully saturated rings. The second-order valence-corrected chi connectivity index (χ2v) is 19.5. The highest BCUT2D eigenvalue weighted by atomic mass is 16.8. The number of allylic oxidation sites excluding steroid dienone is 1. The SMILES string of the molecule is C=C(C)[C@@H]1CC[C@]2(C(=O)O)CC[C@]3(C)[C@H](CC[C@@H]4[C@@]5(C)CC[C@H](O[C@H]6OC[C@@H](O)[C@@H](O)[C@@H]6O[C@H]6O[C@H](C)[C@@H](O)[C@H](O)[C@@H]6O)[C@@](C)(CO)[C@@H]5CC[C@]43C)C12. The summed E-state index contributed by atoms with van der Waals surface area (Å²) in [6.45, 7) is 17.1. The second-order valence-electron chi connectivity index (χ2n) is 19.5. The Morgan fingerprint density at radius 2 is 1.51 bits per heavy atom. The van der Waals surface area contributed by atoms with Gasteiger partial charge in [0.1, 0.15) is 36.6 Å². The van der Waals surface area contributed by atoms with Crippen LogP contribution in [0.3, 0.4) is 0 Å². The standard InChI is InChI=1S/C41H66O12/c1-20(2)22-10-15-41(36(48)49)17-16-39(6)23(28(22)41)8-9-26-37(4)13-12-27(38(5,19-42)25(37)11-14-40(26,39)7)52-35-33(30(45)24(43)18-50-35)53-34-32(47)31(46)29(44)21(3)51-34/h21-35,42-47H,1,8-19H2,2-7H3,(H,48,49)/t21-,22+,23-,24-,25-,26-,27+,28?,29-,30-,31+,32+,33+,34-,35-,37+,38+,39-,40-,41+/m1/s1. The Bertz CT molecular complexity index is 1410. The van der Waals surface area contributed by atoms with Gasteiger partial charge in [0.2, 0.25) is 0 Å². The van der Waals surface area contributed by atoms with Gasteiger partial charge in [-0.05, 0) is 124 Å². The van der Waals surface area contributed by atoms with Crippen molar-refractivity contribution in [2.75, 3.05) is 13.2 Å².